The van der Waals surface area contributed by atoms with Gasteiger partial charge in [0.05, 0.1) is 12.2 Å². The Labute approximate surface area is 105 Å². The first-order valence-corrected chi connectivity index (χ1v) is 6.27. The highest BCUT2D eigenvalue weighted by atomic mass is 16.5. The van der Waals surface area contributed by atoms with Crippen molar-refractivity contribution in [2.45, 2.75) is 45.8 Å². The second kappa shape index (κ2) is 6.72. The van der Waals surface area contributed by atoms with Gasteiger partial charge in [-0.05, 0) is 45.4 Å². The number of aromatic nitrogens is 1. The second-order valence-electron chi connectivity index (χ2n) is 5.24. The molecule has 96 valence electrons. The second-order valence-corrected chi connectivity index (χ2v) is 5.24. The van der Waals surface area contributed by atoms with Crippen LogP contribution in [0.25, 0.3) is 0 Å². The number of hydrogen-bond donors (Lipinski definition) is 1. The van der Waals surface area contributed by atoms with Crippen LogP contribution in [0.2, 0.25) is 0 Å². The molecular formula is C14H24N2O. The predicted molar refractivity (Wildman–Crippen MR) is 71.1 cm³/mol. The van der Waals surface area contributed by atoms with E-state index >= 15 is 0 Å². The van der Waals surface area contributed by atoms with Crippen molar-refractivity contribution < 1.29 is 4.74 Å². The first-order chi connectivity index (χ1) is 8.01. The summed E-state index contributed by atoms with van der Waals surface area (Å²) in [5.74, 6) is 0. The first-order valence-electron chi connectivity index (χ1n) is 6.27. The van der Waals surface area contributed by atoms with E-state index in [9.17, 15) is 0 Å². The molecule has 0 amide bonds. The molecule has 1 unspecified atom stereocenters. The SMILES string of the molecule is CCNC(COC(C)(C)C)Cc1cccnc1. The van der Waals surface area contributed by atoms with Crippen LogP contribution in [0.5, 0.6) is 0 Å². The van der Waals surface area contributed by atoms with Gasteiger partial charge >= 0.3 is 0 Å². The number of nitrogens with one attached hydrogen (secondary N) is 1. The van der Waals surface area contributed by atoms with Gasteiger partial charge in [-0.3, -0.25) is 4.98 Å². The largest absolute Gasteiger partial charge is 0.374 e. The summed E-state index contributed by atoms with van der Waals surface area (Å²) in [6.45, 7) is 10.1. The molecule has 3 nitrogen and oxygen atoms in total. The Balaban J connectivity index is 2.49. The van der Waals surface area contributed by atoms with Crippen molar-refractivity contribution in [2.75, 3.05) is 13.2 Å². The van der Waals surface area contributed by atoms with E-state index < -0.39 is 0 Å². The summed E-state index contributed by atoms with van der Waals surface area (Å²) in [6.07, 6.45) is 4.68. The van der Waals surface area contributed by atoms with E-state index in [1.54, 1.807) is 6.20 Å². The first kappa shape index (κ1) is 14.1. The van der Waals surface area contributed by atoms with Gasteiger partial charge in [0.15, 0.2) is 0 Å². The average molecular weight is 236 g/mol. The highest BCUT2D eigenvalue weighted by molar-refractivity contribution is 5.10. The summed E-state index contributed by atoms with van der Waals surface area (Å²) in [7, 11) is 0. The van der Waals surface area contributed by atoms with Crippen LogP contribution in [-0.2, 0) is 11.2 Å². The van der Waals surface area contributed by atoms with E-state index in [-0.39, 0.29) is 5.60 Å². The van der Waals surface area contributed by atoms with Crippen LogP contribution in [0.1, 0.15) is 33.3 Å². The van der Waals surface area contributed by atoms with E-state index in [2.05, 4.69) is 44.1 Å². The van der Waals surface area contributed by atoms with Crippen molar-refractivity contribution in [3.8, 4) is 0 Å². The van der Waals surface area contributed by atoms with Gasteiger partial charge in [-0.15, -0.1) is 0 Å². The van der Waals surface area contributed by atoms with E-state index in [0.717, 1.165) is 19.6 Å². The molecule has 0 spiro atoms. The van der Waals surface area contributed by atoms with Crippen LogP contribution >= 0.6 is 0 Å². The van der Waals surface area contributed by atoms with Crippen LogP contribution in [0.4, 0.5) is 0 Å². The molecule has 1 N–H and O–H groups in total. The number of hydrogen-bond acceptors (Lipinski definition) is 3. The van der Waals surface area contributed by atoms with Gasteiger partial charge in [-0.1, -0.05) is 13.0 Å². The highest BCUT2D eigenvalue weighted by Gasteiger charge is 2.15. The molecule has 0 aromatic carbocycles. The zero-order chi connectivity index (χ0) is 12.7. The molecule has 1 aromatic heterocycles. The minimum absolute atomic E-state index is 0.0807. The lowest BCUT2D eigenvalue weighted by Crippen LogP contribution is -2.38. The zero-order valence-corrected chi connectivity index (χ0v) is 11.4. The summed E-state index contributed by atoms with van der Waals surface area (Å²) in [6, 6.07) is 4.43. The van der Waals surface area contributed by atoms with Crippen LogP contribution in [0, 0.1) is 0 Å². The van der Waals surface area contributed by atoms with Gasteiger partial charge in [-0.2, -0.15) is 0 Å². The molecule has 3 heteroatoms. The minimum atomic E-state index is -0.0807. The van der Waals surface area contributed by atoms with Crippen molar-refractivity contribution in [2.24, 2.45) is 0 Å². The van der Waals surface area contributed by atoms with Crippen LogP contribution in [-0.4, -0.2) is 29.8 Å². The van der Waals surface area contributed by atoms with Crippen molar-refractivity contribution in [3.05, 3.63) is 30.1 Å². The third-order valence-electron chi connectivity index (χ3n) is 2.42. The summed E-state index contributed by atoms with van der Waals surface area (Å²) >= 11 is 0. The molecule has 1 aromatic rings. The monoisotopic (exact) mass is 236 g/mol. The lowest BCUT2D eigenvalue weighted by molar-refractivity contribution is -0.0141. The lowest BCUT2D eigenvalue weighted by Gasteiger charge is -2.25. The summed E-state index contributed by atoms with van der Waals surface area (Å²) in [4.78, 5) is 4.14. The molecule has 0 aliphatic heterocycles. The van der Waals surface area contributed by atoms with Gasteiger partial charge in [0.1, 0.15) is 0 Å². The Hall–Kier alpha value is -0.930. The quantitative estimate of drug-likeness (QED) is 0.823. The number of pyridine rings is 1. The molecule has 0 aliphatic carbocycles. The Morgan fingerprint density at radius 2 is 2.18 bits per heavy atom. The number of likely N-dealkylation sites (N-methyl/N-ethyl adjacent to an activating group) is 1. The molecule has 1 rings (SSSR count). The fourth-order valence-corrected chi connectivity index (χ4v) is 1.63. The maximum absolute atomic E-state index is 5.83. The van der Waals surface area contributed by atoms with Crippen LogP contribution in [0.15, 0.2) is 24.5 Å². The van der Waals surface area contributed by atoms with Gasteiger partial charge in [0.2, 0.25) is 0 Å². The van der Waals surface area contributed by atoms with E-state index in [0.29, 0.717) is 6.04 Å². The van der Waals surface area contributed by atoms with Crippen molar-refractivity contribution in [1.82, 2.24) is 10.3 Å². The van der Waals surface area contributed by atoms with Crippen molar-refractivity contribution in [3.63, 3.8) is 0 Å². The van der Waals surface area contributed by atoms with Gasteiger partial charge < -0.3 is 10.1 Å². The molecule has 0 saturated heterocycles. The number of ether oxygens (including phenoxy) is 1. The molecule has 17 heavy (non-hydrogen) atoms. The predicted octanol–water partition coefficient (Wildman–Crippen LogP) is 2.42. The van der Waals surface area contributed by atoms with Gasteiger partial charge in [0.25, 0.3) is 0 Å². The average Bonchev–Trinajstić information content (AvgIpc) is 2.27. The molecular weight excluding hydrogens is 212 g/mol. The van der Waals surface area contributed by atoms with Gasteiger partial charge in [0, 0.05) is 18.4 Å². The molecule has 0 radical (unpaired) electrons. The Bertz CT molecular complexity index is 306. The van der Waals surface area contributed by atoms with E-state index in [4.69, 9.17) is 4.74 Å². The standard InChI is InChI=1S/C14H24N2O/c1-5-16-13(11-17-14(2,3)4)9-12-7-6-8-15-10-12/h6-8,10,13,16H,5,9,11H2,1-4H3. The molecule has 1 heterocycles. The minimum Gasteiger partial charge on any atom is -0.374 e. The van der Waals surface area contributed by atoms with Crippen molar-refractivity contribution >= 4 is 0 Å². The summed E-state index contributed by atoms with van der Waals surface area (Å²) in [5, 5.41) is 3.45. The van der Waals surface area contributed by atoms with Crippen LogP contribution < -0.4 is 5.32 Å². The maximum Gasteiger partial charge on any atom is 0.0630 e. The summed E-state index contributed by atoms with van der Waals surface area (Å²) < 4.78 is 5.83. The number of rotatable bonds is 6. The molecule has 0 saturated carbocycles. The third kappa shape index (κ3) is 6.39. The Kier molecular flexibility index (Phi) is 5.59. The normalized spacial score (nSPS) is 13.6. The van der Waals surface area contributed by atoms with Gasteiger partial charge in [-0.25, -0.2) is 0 Å². The lowest BCUT2D eigenvalue weighted by atomic mass is 10.1. The Morgan fingerprint density at radius 1 is 1.41 bits per heavy atom. The number of nitrogens with zero attached hydrogens (tertiary/aromatic N) is 1. The van der Waals surface area contributed by atoms with Crippen molar-refractivity contribution in [1.29, 1.82) is 0 Å². The van der Waals surface area contributed by atoms with E-state index in [1.165, 1.54) is 5.56 Å². The highest BCUT2D eigenvalue weighted by Crippen LogP contribution is 2.09. The zero-order valence-electron chi connectivity index (χ0n) is 11.4. The third-order valence-corrected chi connectivity index (χ3v) is 2.42. The molecule has 0 bridgehead atoms. The smallest absolute Gasteiger partial charge is 0.0630 e. The molecule has 0 aliphatic rings. The fraction of sp³-hybridized carbons (Fsp3) is 0.643. The topological polar surface area (TPSA) is 34.1 Å². The Morgan fingerprint density at radius 3 is 2.71 bits per heavy atom. The molecule has 0 fully saturated rings. The maximum atomic E-state index is 5.83. The molecule has 1 atom stereocenters. The fourth-order valence-electron chi connectivity index (χ4n) is 1.63. The summed E-state index contributed by atoms with van der Waals surface area (Å²) in [5.41, 5.74) is 1.17. The van der Waals surface area contributed by atoms with Crippen LogP contribution in [0.3, 0.4) is 0 Å². The van der Waals surface area contributed by atoms with E-state index in [1.807, 2.05) is 12.3 Å².